The molecule has 2 heterocycles. The van der Waals surface area contributed by atoms with Gasteiger partial charge in [-0.2, -0.15) is 0 Å². The minimum Gasteiger partial charge on any atom is -0.341 e. The lowest BCUT2D eigenvalue weighted by Gasteiger charge is -2.39. The maximum absolute atomic E-state index is 13.2. The lowest BCUT2D eigenvalue weighted by atomic mass is 9.88. The summed E-state index contributed by atoms with van der Waals surface area (Å²) in [4.78, 5) is 34.4. The van der Waals surface area contributed by atoms with Crippen molar-refractivity contribution < 1.29 is 9.59 Å². The van der Waals surface area contributed by atoms with Gasteiger partial charge < -0.3 is 9.80 Å². The topological polar surface area (TPSA) is 53.0 Å². The average molecular weight is 339 g/mol. The van der Waals surface area contributed by atoms with Gasteiger partial charge in [-0.1, -0.05) is 36.8 Å². The Morgan fingerprint density at radius 1 is 1.00 bits per heavy atom. The molecule has 2 fully saturated rings. The maximum atomic E-state index is 13.2. The van der Waals surface area contributed by atoms with Crippen molar-refractivity contribution in [3.05, 3.63) is 35.9 Å². The third-order valence-corrected chi connectivity index (χ3v) is 5.72. The second kappa shape index (κ2) is 6.62. The molecule has 0 bridgehead atoms. The van der Waals surface area contributed by atoms with Crippen LogP contribution in [0.1, 0.15) is 50.5 Å². The van der Waals surface area contributed by atoms with E-state index in [0.29, 0.717) is 5.71 Å². The first kappa shape index (κ1) is 16.3. The van der Waals surface area contributed by atoms with Gasteiger partial charge in [0.15, 0.2) is 0 Å². The summed E-state index contributed by atoms with van der Waals surface area (Å²) in [7, 11) is 0. The van der Waals surface area contributed by atoms with Gasteiger partial charge in [-0.05, 0) is 38.5 Å². The lowest BCUT2D eigenvalue weighted by molar-refractivity contribution is -0.140. The van der Waals surface area contributed by atoms with Crippen molar-refractivity contribution in [3.63, 3.8) is 0 Å². The Hall–Kier alpha value is -2.17. The van der Waals surface area contributed by atoms with Crippen LogP contribution in [0.3, 0.4) is 0 Å². The van der Waals surface area contributed by atoms with Crippen LogP contribution >= 0.6 is 0 Å². The fourth-order valence-corrected chi connectivity index (χ4v) is 4.34. The molecule has 0 N–H and O–H groups in total. The average Bonchev–Trinajstić information content (AvgIpc) is 3.27. The number of aliphatic imine (C=N–C) groups is 1. The van der Waals surface area contributed by atoms with Crippen LogP contribution in [0.25, 0.3) is 0 Å². The highest BCUT2D eigenvalue weighted by atomic mass is 16.2. The molecule has 5 nitrogen and oxygen atoms in total. The highest BCUT2D eigenvalue weighted by Crippen LogP contribution is 2.39. The highest BCUT2D eigenvalue weighted by Gasteiger charge is 2.48. The molecule has 2 aliphatic heterocycles. The third kappa shape index (κ3) is 2.96. The van der Waals surface area contributed by atoms with Crippen molar-refractivity contribution in [2.75, 3.05) is 19.6 Å². The molecule has 5 heteroatoms. The Bertz CT molecular complexity index is 686. The summed E-state index contributed by atoms with van der Waals surface area (Å²) in [5.41, 5.74) is 0.876. The molecule has 1 aromatic rings. The van der Waals surface area contributed by atoms with Crippen molar-refractivity contribution in [1.29, 1.82) is 0 Å². The number of nitrogens with zero attached hydrogens (tertiary/aromatic N) is 3. The van der Waals surface area contributed by atoms with E-state index in [9.17, 15) is 9.59 Å². The summed E-state index contributed by atoms with van der Waals surface area (Å²) >= 11 is 0. The van der Waals surface area contributed by atoms with Gasteiger partial charge in [0.2, 0.25) is 5.91 Å². The monoisotopic (exact) mass is 339 g/mol. The first-order valence-corrected chi connectivity index (χ1v) is 9.45. The van der Waals surface area contributed by atoms with E-state index in [2.05, 4.69) is 0 Å². The van der Waals surface area contributed by atoms with E-state index in [-0.39, 0.29) is 18.4 Å². The number of hydrogen-bond acceptors (Lipinski definition) is 3. The molecular formula is C20H25N3O2. The minimum atomic E-state index is -0.504. The van der Waals surface area contributed by atoms with Gasteiger partial charge in [-0.3, -0.25) is 14.6 Å². The highest BCUT2D eigenvalue weighted by molar-refractivity contribution is 6.47. The Balaban J connectivity index is 1.63. The van der Waals surface area contributed by atoms with Gasteiger partial charge in [-0.15, -0.1) is 0 Å². The number of carbonyl (C=O) groups excluding carboxylic acids is 2. The largest absolute Gasteiger partial charge is 0.341 e. The number of benzene rings is 1. The van der Waals surface area contributed by atoms with E-state index in [0.717, 1.165) is 57.2 Å². The van der Waals surface area contributed by atoms with Crippen molar-refractivity contribution >= 4 is 17.5 Å². The summed E-state index contributed by atoms with van der Waals surface area (Å²) in [5, 5.41) is 0. The van der Waals surface area contributed by atoms with E-state index in [1.54, 1.807) is 4.90 Å². The van der Waals surface area contributed by atoms with Gasteiger partial charge in [0.1, 0.15) is 17.9 Å². The van der Waals surface area contributed by atoms with Crippen LogP contribution in [0.15, 0.2) is 35.3 Å². The summed E-state index contributed by atoms with van der Waals surface area (Å²) in [6.07, 6.45) is 7.17. The van der Waals surface area contributed by atoms with Crippen molar-refractivity contribution in [2.45, 2.75) is 50.6 Å². The van der Waals surface area contributed by atoms with E-state index in [1.165, 1.54) is 6.42 Å². The molecule has 0 radical (unpaired) electrons. The van der Waals surface area contributed by atoms with Crippen LogP contribution in [0.2, 0.25) is 0 Å². The van der Waals surface area contributed by atoms with Crippen LogP contribution in [0.5, 0.6) is 0 Å². The molecule has 3 aliphatic rings. The van der Waals surface area contributed by atoms with Gasteiger partial charge >= 0.3 is 0 Å². The Labute approximate surface area is 148 Å². The van der Waals surface area contributed by atoms with E-state index in [1.807, 2.05) is 35.2 Å². The molecule has 4 rings (SSSR count). The second-order valence-electron chi connectivity index (χ2n) is 7.35. The molecule has 1 saturated carbocycles. The lowest BCUT2D eigenvalue weighted by Crippen LogP contribution is -2.52. The Kier molecular flexibility index (Phi) is 4.32. The van der Waals surface area contributed by atoms with Gasteiger partial charge in [0, 0.05) is 18.7 Å². The first-order chi connectivity index (χ1) is 12.2. The standard InChI is InChI=1S/C20H25N3O2/c24-17(22-13-7-8-14-22)15-23-19(25)18(16-9-3-1-4-10-16)21-20(23)11-5-2-6-12-20/h1,3-4,9-10H,2,5-8,11-15H2. The van der Waals surface area contributed by atoms with E-state index >= 15 is 0 Å². The molecule has 0 unspecified atom stereocenters. The van der Waals surface area contributed by atoms with Crippen LogP contribution in [0, 0.1) is 0 Å². The number of hydrogen-bond donors (Lipinski definition) is 0. The summed E-state index contributed by atoms with van der Waals surface area (Å²) in [6, 6.07) is 9.65. The smallest absolute Gasteiger partial charge is 0.275 e. The molecule has 1 spiro atoms. The van der Waals surface area contributed by atoms with Crippen LogP contribution < -0.4 is 0 Å². The molecular weight excluding hydrogens is 314 g/mol. The van der Waals surface area contributed by atoms with Crippen LogP contribution in [-0.2, 0) is 9.59 Å². The Morgan fingerprint density at radius 3 is 2.36 bits per heavy atom. The first-order valence-electron chi connectivity index (χ1n) is 9.45. The summed E-state index contributed by atoms with van der Waals surface area (Å²) < 4.78 is 0. The number of likely N-dealkylation sites (tertiary alicyclic amines) is 1. The van der Waals surface area contributed by atoms with E-state index in [4.69, 9.17) is 4.99 Å². The third-order valence-electron chi connectivity index (χ3n) is 5.72. The molecule has 132 valence electrons. The SMILES string of the molecule is O=C(CN1C(=O)C(c2ccccc2)=NC12CCCCC2)N1CCCC1. The number of amides is 2. The van der Waals surface area contributed by atoms with Gasteiger partial charge in [0.25, 0.3) is 5.91 Å². The minimum absolute atomic E-state index is 0.0697. The predicted octanol–water partition coefficient (Wildman–Crippen LogP) is 2.60. The maximum Gasteiger partial charge on any atom is 0.275 e. The van der Waals surface area contributed by atoms with Crippen molar-refractivity contribution in [1.82, 2.24) is 9.80 Å². The number of rotatable bonds is 3. The fraction of sp³-hybridized carbons (Fsp3) is 0.550. The molecule has 1 aromatic carbocycles. The Morgan fingerprint density at radius 2 is 1.68 bits per heavy atom. The molecule has 2 amide bonds. The molecule has 0 aromatic heterocycles. The zero-order chi connectivity index (χ0) is 17.3. The summed E-state index contributed by atoms with van der Waals surface area (Å²) in [5.74, 6) is -0.0130. The molecule has 1 saturated heterocycles. The second-order valence-corrected chi connectivity index (χ2v) is 7.35. The van der Waals surface area contributed by atoms with Crippen LogP contribution in [0.4, 0.5) is 0 Å². The number of carbonyl (C=O) groups is 2. The van der Waals surface area contributed by atoms with Gasteiger partial charge in [-0.25, -0.2) is 0 Å². The zero-order valence-electron chi connectivity index (χ0n) is 14.6. The fourth-order valence-electron chi connectivity index (χ4n) is 4.34. The molecule has 25 heavy (non-hydrogen) atoms. The zero-order valence-corrected chi connectivity index (χ0v) is 14.6. The van der Waals surface area contributed by atoms with Crippen molar-refractivity contribution in [2.24, 2.45) is 4.99 Å². The normalized spacial score (nSPS) is 22.6. The van der Waals surface area contributed by atoms with Crippen molar-refractivity contribution in [3.8, 4) is 0 Å². The van der Waals surface area contributed by atoms with Crippen LogP contribution in [-0.4, -0.2) is 52.6 Å². The quantitative estimate of drug-likeness (QED) is 0.850. The predicted molar refractivity (Wildman–Crippen MR) is 96.3 cm³/mol. The van der Waals surface area contributed by atoms with Gasteiger partial charge in [0.05, 0.1) is 0 Å². The van der Waals surface area contributed by atoms with E-state index < -0.39 is 5.66 Å². The molecule has 0 atom stereocenters. The molecule has 1 aliphatic carbocycles. The summed E-state index contributed by atoms with van der Waals surface area (Å²) in [6.45, 7) is 1.80.